The Morgan fingerprint density at radius 3 is 2.64 bits per heavy atom. The van der Waals surface area contributed by atoms with Crippen molar-refractivity contribution in [1.82, 2.24) is 0 Å². The van der Waals surface area contributed by atoms with E-state index in [9.17, 15) is 4.79 Å². The van der Waals surface area contributed by atoms with E-state index < -0.39 is 5.97 Å². The molecule has 0 aromatic heterocycles. The molecule has 0 atom stereocenters. The van der Waals surface area contributed by atoms with Crippen LogP contribution in [0.4, 0.5) is 0 Å². The summed E-state index contributed by atoms with van der Waals surface area (Å²) in [6.07, 6.45) is -0.0127. The third-order valence-electron chi connectivity index (χ3n) is 3.12. The van der Waals surface area contributed by atoms with Gasteiger partial charge >= 0.3 is 5.97 Å². The number of methoxy groups -OCH3 is 1. The third kappa shape index (κ3) is 3.87. The maximum atomic E-state index is 10.8. The van der Waals surface area contributed by atoms with Crippen molar-refractivity contribution in [2.75, 3.05) is 13.7 Å². The van der Waals surface area contributed by atoms with E-state index >= 15 is 0 Å². The number of aliphatic carboxylic acids is 1. The van der Waals surface area contributed by atoms with Crippen LogP contribution in [0.15, 0.2) is 42.5 Å². The number of carboxylic acids is 1. The highest BCUT2D eigenvalue weighted by molar-refractivity contribution is 5.73. The fraction of sp³-hybridized carbons (Fsp3) is 0.167. The number of benzene rings is 2. The minimum absolute atomic E-state index is 0.0127. The largest absolute Gasteiger partial charge is 0.495 e. The molecule has 2 N–H and O–H groups in total. The van der Waals surface area contributed by atoms with Crippen LogP contribution >= 0.6 is 0 Å². The van der Waals surface area contributed by atoms with Gasteiger partial charge in [-0.25, -0.2) is 0 Å². The predicted molar refractivity (Wildman–Crippen MR) is 83.7 cm³/mol. The SMILES string of the molecule is COc1ccc(-c2cccc(CC(=O)O)c2)cc1C#CCO. The van der Waals surface area contributed by atoms with E-state index in [-0.39, 0.29) is 13.0 Å². The fourth-order valence-corrected chi connectivity index (χ4v) is 2.16. The van der Waals surface area contributed by atoms with E-state index in [2.05, 4.69) is 11.8 Å². The Balaban J connectivity index is 2.42. The lowest BCUT2D eigenvalue weighted by Crippen LogP contribution is -1.99. The Labute approximate surface area is 129 Å². The fourth-order valence-electron chi connectivity index (χ4n) is 2.16. The van der Waals surface area contributed by atoms with Crippen molar-refractivity contribution in [3.8, 4) is 28.7 Å². The standard InChI is InChI=1S/C18H16O4/c1-22-17-8-7-15(12-16(17)6-3-9-19)14-5-2-4-13(10-14)11-18(20)21/h2,4-5,7-8,10,12,19H,9,11H2,1H3,(H,20,21). The molecule has 2 aromatic rings. The lowest BCUT2D eigenvalue weighted by Gasteiger charge is -2.08. The van der Waals surface area contributed by atoms with E-state index in [1.165, 1.54) is 0 Å². The van der Waals surface area contributed by atoms with Crippen molar-refractivity contribution in [2.45, 2.75) is 6.42 Å². The molecule has 2 aromatic carbocycles. The Hall–Kier alpha value is -2.77. The first kappa shape index (κ1) is 15.6. The molecule has 0 spiro atoms. The number of rotatable bonds is 4. The number of aliphatic hydroxyl groups excluding tert-OH is 1. The topological polar surface area (TPSA) is 66.8 Å². The third-order valence-corrected chi connectivity index (χ3v) is 3.12. The smallest absolute Gasteiger partial charge is 0.307 e. The molecule has 22 heavy (non-hydrogen) atoms. The predicted octanol–water partition coefficient (Wildman–Crippen LogP) is 2.33. The minimum atomic E-state index is -0.860. The van der Waals surface area contributed by atoms with Crippen molar-refractivity contribution in [3.05, 3.63) is 53.6 Å². The van der Waals surface area contributed by atoms with E-state index in [0.717, 1.165) is 16.7 Å². The van der Waals surface area contributed by atoms with Gasteiger partial charge in [0.15, 0.2) is 0 Å². The summed E-state index contributed by atoms with van der Waals surface area (Å²) in [6.45, 7) is -0.221. The van der Waals surface area contributed by atoms with Crippen LogP contribution in [-0.4, -0.2) is 29.9 Å². The Morgan fingerprint density at radius 1 is 1.18 bits per heavy atom. The molecule has 112 valence electrons. The van der Waals surface area contributed by atoms with Crippen LogP contribution < -0.4 is 4.74 Å². The number of aliphatic hydroxyl groups is 1. The second-order valence-electron chi connectivity index (χ2n) is 4.65. The van der Waals surface area contributed by atoms with Gasteiger partial charge < -0.3 is 14.9 Å². The van der Waals surface area contributed by atoms with Gasteiger partial charge in [-0.2, -0.15) is 0 Å². The zero-order valence-corrected chi connectivity index (χ0v) is 12.2. The van der Waals surface area contributed by atoms with E-state index in [4.69, 9.17) is 14.9 Å². The van der Waals surface area contributed by atoms with Crippen LogP contribution in [0, 0.1) is 11.8 Å². The van der Waals surface area contributed by atoms with Gasteiger partial charge in [-0.3, -0.25) is 4.79 Å². The van der Waals surface area contributed by atoms with Crippen LogP contribution in [-0.2, 0) is 11.2 Å². The lowest BCUT2D eigenvalue weighted by molar-refractivity contribution is -0.136. The van der Waals surface area contributed by atoms with Gasteiger partial charge in [0, 0.05) is 0 Å². The molecular formula is C18H16O4. The second kappa shape index (κ2) is 7.30. The molecule has 0 unspecified atom stereocenters. The Kier molecular flexibility index (Phi) is 5.18. The first-order chi connectivity index (χ1) is 10.6. The zero-order chi connectivity index (χ0) is 15.9. The monoisotopic (exact) mass is 296 g/mol. The van der Waals surface area contributed by atoms with Gasteiger partial charge in [0.25, 0.3) is 0 Å². The molecular weight excluding hydrogens is 280 g/mol. The maximum absolute atomic E-state index is 10.8. The summed E-state index contributed by atoms with van der Waals surface area (Å²) in [5.41, 5.74) is 3.24. The Morgan fingerprint density at radius 2 is 1.95 bits per heavy atom. The van der Waals surface area contributed by atoms with E-state index in [0.29, 0.717) is 11.3 Å². The van der Waals surface area contributed by atoms with Crippen LogP contribution in [0.2, 0.25) is 0 Å². The molecule has 0 saturated carbocycles. The number of hydrogen-bond donors (Lipinski definition) is 2. The molecule has 4 heteroatoms. The average Bonchev–Trinajstić information content (AvgIpc) is 2.52. The van der Waals surface area contributed by atoms with Crippen LogP contribution in [0.3, 0.4) is 0 Å². The first-order valence-electron chi connectivity index (χ1n) is 6.73. The van der Waals surface area contributed by atoms with E-state index in [1.54, 1.807) is 19.2 Å². The molecule has 0 saturated heterocycles. The van der Waals surface area contributed by atoms with Crippen LogP contribution in [0.25, 0.3) is 11.1 Å². The molecule has 0 aliphatic carbocycles. The quantitative estimate of drug-likeness (QED) is 0.850. The van der Waals surface area contributed by atoms with Gasteiger partial charge in [-0.15, -0.1) is 0 Å². The van der Waals surface area contributed by atoms with Crippen molar-refractivity contribution in [2.24, 2.45) is 0 Å². The molecule has 0 bridgehead atoms. The molecule has 0 heterocycles. The summed E-state index contributed by atoms with van der Waals surface area (Å²) in [7, 11) is 1.56. The van der Waals surface area contributed by atoms with Gasteiger partial charge in [-0.05, 0) is 28.8 Å². The van der Waals surface area contributed by atoms with Gasteiger partial charge in [0.05, 0.1) is 19.1 Å². The summed E-state index contributed by atoms with van der Waals surface area (Å²) in [4.78, 5) is 10.8. The van der Waals surface area contributed by atoms with E-state index in [1.807, 2.05) is 30.3 Å². The first-order valence-corrected chi connectivity index (χ1v) is 6.73. The van der Waals surface area contributed by atoms with Crippen LogP contribution in [0.1, 0.15) is 11.1 Å². The Bertz CT molecular complexity index is 738. The molecule has 0 aliphatic heterocycles. The average molecular weight is 296 g/mol. The maximum Gasteiger partial charge on any atom is 0.307 e. The summed E-state index contributed by atoms with van der Waals surface area (Å²) in [5, 5.41) is 17.7. The zero-order valence-electron chi connectivity index (χ0n) is 12.2. The lowest BCUT2D eigenvalue weighted by atomic mass is 9.99. The van der Waals surface area contributed by atoms with Crippen LogP contribution in [0.5, 0.6) is 5.75 Å². The van der Waals surface area contributed by atoms with Gasteiger partial charge in [-0.1, -0.05) is 42.2 Å². The second-order valence-corrected chi connectivity index (χ2v) is 4.65. The number of ether oxygens (including phenoxy) is 1. The van der Waals surface area contributed by atoms with Crippen molar-refractivity contribution >= 4 is 5.97 Å². The van der Waals surface area contributed by atoms with Crippen molar-refractivity contribution < 1.29 is 19.7 Å². The summed E-state index contributed by atoms with van der Waals surface area (Å²) in [6, 6.07) is 12.9. The summed E-state index contributed by atoms with van der Waals surface area (Å²) >= 11 is 0. The highest BCUT2D eigenvalue weighted by Gasteiger charge is 2.06. The van der Waals surface area contributed by atoms with Crippen molar-refractivity contribution in [3.63, 3.8) is 0 Å². The molecule has 4 nitrogen and oxygen atoms in total. The molecule has 0 fully saturated rings. The molecule has 0 aliphatic rings. The van der Waals surface area contributed by atoms with Gasteiger partial charge in [0.2, 0.25) is 0 Å². The minimum Gasteiger partial charge on any atom is -0.495 e. The number of carboxylic acid groups (broad SMARTS) is 1. The number of hydrogen-bond acceptors (Lipinski definition) is 3. The highest BCUT2D eigenvalue weighted by atomic mass is 16.5. The molecule has 0 amide bonds. The van der Waals surface area contributed by atoms with Crippen molar-refractivity contribution in [1.29, 1.82) is 0 Å². The number of carbonyl (C=O) groups is 1. The highest BCUT2D eigenvalue weighted by Crippen LogP contribution is 2.27. The normalized spacial score (nSPS) is 9.73. The molecule has 2 rings (SSSR count). The summed E-state index contributed by atoms with van der Waals surface area (Å²) < 4.78 is 5.25. The van der Waals surface area contributed by atoms with Gasteiger partial charge in [0.1, 0.15) is 12.4 Å². The summed E-state index contributed by atoms with van der Waals surface area (Å²) in [5.74, 6) is 5.23. The molecule has 0 radical (unpaired) electrons.